The van der Waals surface area contributed by atoms with Gasteiger partial charge in [0.25, 0.3) is 10.0 Å². The molecule has 12 heteroatoms. The molecule has 0 amide bonds. The number of halogens is 3. The average Bonchev–Trinajstić information content (AvgIpc) is 3.29. The summed E-state index contributed by atoms with van der Waals surface area (Å²) >= 11 is 0. The number of carboxylic acid groups (broad SMARTS) is 1. The molecule has 2 N–H and O–H groups in total. The number of carboxylic acids is 1. The SMILES string of the molecule is COc1ccc(C(=O)O)cc1S(=O)(=O)Nc1cc(C(F)(F)F)ccc1N1C[C@H]2CN(C)C[C@H]2C1. The summed E-state index contributed by atoms with van der Waals surface area (Å²) in [5.74, 6) is -0.814. The van der Waals surface area contributed by atoms with Crippen molar-refractivity contribution in [1.82, 2.24) is 4.90 Å². The number of likely N-dealkylation sites (tertiary alicyclic amines) is 1. The van der Waals surface area contributed by atoms with E-state index < -0.39 is 32.6 Å². The van der Waals surface area contributed by atoms with Crippen molar-refractivity contribution in [3.63, 3.8) is 0 Å². The second kappa shape index (κ2) is 8.66. The molecule has 34 heavy (non-hydrogen) atoms. The molecule has 2 saturated heterocycles. The predicted octanol–water partition coefficient (Wildman–Crippen LogP) is 3.21. The molecule has 2 atom stereocenters. The van der Waals surface area contributed by atoms with Gasteiger partial charge in [-0.2, -0.15) is 13.2 Å². The number of nitrogens with one attached hydrogen (secondary N) is 1. The van der Waals surface area contributed by atoms with Gasteiger partial charge >= 0.3 is 12.1 Å². The van der Waals surface area contributed by atoms with Gasteiger partial charge in [-0.3, -0.25) is 4.72 Å². The van der Waals surface area contributed by atoms with E-state index in [1.54, 1.807) is 0 Å². The summed E-state index contributed by atoms with van der Waals surface area (Å²) in [6, 6.07) is 6.24. The Labute approximate surface area is 195 Å². The van der Waals surface area contributed by atoms with Crippen molar-refractivity contribution >= 4 is 27.4 Å². The number of sulfonamides is 1. The van der Waals surface area contributed by atoms with E-state index in [-0.39, 0.29) is 17.0 Å². The van der Waals surface area contributed by atoms with Crippen LogP contribution in [0.1, 0.15) is 15.9 Å². The maximum absolute atomic E-state index is 13.4. The number of fused-ring (bicyclic) bond motifs is 1. The molecule has 0 radical (unpaired) electrons. The van der Waals surface area contributed by atoms with Crippen LogP contribution in [0.25, 0.3) is 0 Å². The number of hydrogen-bond acceptors (Lipinski definition) is 6. The predicted molar refractivity (Wildman–Crippen MR) is 119 cm³/mol. The third-order valence-electron chi connectivity index (χ3n) is 6.28. The Kier molecular flexibility index (Phi) is 6.15. The third kappa shape index (κ3) is 4.64. The number of hydrogen-bond donors (Lipinski definition) is 2. The van der Waals surface area contributed by atoms with Gasteiger partial charge in [-0.15, -0.1) is 0 Å². The van der Waals surface area contributed by atoms with Crippen LogP contribution in [-0.4, -0.2) is 64.7 Å². The van der Waals surface area contributed by atoms with Gasteiger partial charge in [0.15, 0.2) is 0 Å². The van der Waals surface area contributed by atoms with Gasteiger partial charge in [-0.05, 0) is 55.3 Å². The molecule has 0 bridgehead atoms. The first-order valence-corrected chi connectivity index (χ1v) is 12.0. The summed E-state index contributed by atoms with van der Waals surface area (Å²) in [5.41, 5.74) is -1.20. The number of anilines is 2. The van der Waals surface area contributed by atoms with Crippen molar-refractivity contribution in [2.24, 2.45) is 11.8 Å². The van der Waals surface area contributed by atoms with Crippen LogP contribution < -0.4 is 14.4 Å². The molecule has 0 aliphatic carbocycles. The Morgan fingerprint density at radius 2 is 1.74 bits per heavy atom. The maximum atomic E-state index is 13.4. The lowest BCUT2D eigenvalue weighted by atomic mass is 10.0. The van der Waals surface area contributed by atoms with Crippen molar-refractivity contribution in [2.45, 2.75) is 11.1 Å². The lowest BCUT2D eigenvalue weighted by molar-refractivity contribution is -0.137. The molecule has 2 fully saturated rings. The highest BCUT2D eigenvalue weighted by Crippen LogP contribution is 2.41. The summed E-state index contributed by atoms with van der Waals surface area (Å²) in [6.45, 7) is 2.91. The minimum absolute atomic E-state index is 0.134. The van der Waals surface area contributed by atoms with Gasteiger partial charge in [0.2, 0.25) is 0 Å². The van der Waals surface area contributed by atoms with E-state index in [0.29, 0.717) is 30.6 Å². The Bertz CT molecular complexity index is 1200. The molecular weight excluding hydrogens is 475 g/mol. The zero-order valence-corrected chi connectivity index (χ0v) is 19.3. The van der Waals surface area contributed by atoms with Crippen LogP contribution in [0.4, 0.5) is 24.5 Å². The third-order valence-corrected chi connectivity index (χ3v) is 7.66. The second-order valence-corrected chi connectivity index (χ2v) is 10.3. The van der Waals surface area contributed by atoms with E-state index in [0.717, 1.165) is 31.3 Å². The normalized spacial score (nSPS) is 20.9. The topological polar surface area (TPSA) is 99.2 Å². The van der Waals surface area contributed by atoms with Crippen LogP contribution in [0, 0.1) is 11.8 Å². The van der Waals surface area contributed by atoms with Crippen LogP contribution in [0.15, 0.2) is 41.3 Å². The molecule has 4 rings (SSSR count). The summed E-state index contributed by atoms with van der Waals surface area (Å²) < 4.78 is 74.1. The highest BCUT2D eigenvalue weighted by Gasteiger charge is 2.40. The van der Waals surface area contributed by atoms with Crippen LogP contribution in [-0.2, 0) is 16.2 Å². The van der Waals surface area contributed by atoms with E-state index in [1.165, 1.54) is 25.3 Å². The van der Waals surface area contributed by atoms with E-state index >= 15 is 0 Å². The second-order valence-electron chi connectivity index (χ2n) is 8.65. The molecule has 8 nitrogen and oxygen atoms in total. The van der Waals surface area contributed by atoms with Crippen molar-refractivity contribution in [1.29, 1.82) is 0 Å². The summed E-state index contributed by atoms with van der Waals surface area (Å²) in [5, 5.41) is 9.25. The maximum Gasteiger partial charge on any atom is 0.416 e. The van der Waals surface area contributed by atoms with Gasteiger partial charge < -0.3 is 19.6 Å². The summed E-state index contributed by atoms with van der Waals surface area (Å²) in [4.78, 5) is 15.0. The molecule has 0 unspecified atom stereocenters. The van der Waals surface area contributed by atoms with Crippen LogP contribution in [0.5, 0.6) is 5.75 Å². The number of aromatic carboxylic acids is 1. The van der Waals surface area contributed by atoms with Gasteiger partial charge in [0.1, 0.15) is 10.6 Å². The zero-order valence-electron chi connectivity index (χ0n) is 18.5. The van der Waals surface area contributed by atoms with Crippen LogP contribution in [0.3, 0.4) is 0 Å². The summed E-state index contributed by atoms with van der Waals surface area (Å²) in [6.07, 6.45) is -4.68. The van der Waals surface area contributed by atoms with Gasteiger partial charge in [-0.1, -0.05) is 0 Å². The Morgan fingerprint density at radius 3 is 2.29 bits per heavy atom. The highest BCUT2D eigenvalue weighted by molar-refractivity contribution is 7.92. The number of carbonyl (C=O) groups is 1. The number of nitrogens with zero attached hydrogens (tertiary/aromatic N) is 2. The molecule has 2 aliphatic heterocycles. The van der Waals surface area contributed by atoms with Crippen molar-refractivity contribution in [2.75, 3.05) is 50.0 Å². The Balaban J connectivity index is 1.74. The number of methoxy groups -OCH3 is 1. The molecule has 2 heterocycles. The molecule has 0 aromatic heterocycles. The van der Waals surface area contributed by atoms with E-state index in [1.807, 2.05) is 11.9 Å². The molecule has 184 valence electrons. The minimum atomic E-state index is -4.68. The smallest absolute Gasteiger partial charge is 0.416 e. The molecule has 2 aromatic rings. The highest BCUT2D eigenvalue weighted by atomic mass is 32.2. The van der Waals surface area contributed by atoms with Crippen molar-refractivity contribution in [3.8, 4) is 5.75 Å². The molecule has 0 saturated carbocycles. The number of benzene rings is 2. The van der Waals surface area contributed by atoms with Gasteiger partial charge in [0, 0.05) is 26.2 Å². The Hall–Kier alpha value is -2.99. The fraction of sp³-hybridized carbons (Fsp3) is 0.409. The fourth-order valence-electron chi connectivity index (χ4n) is 4.71. The lowest BCUT2D eigenvalue weighted by Gasteiger charge is -2.25. The molecule has 0 spiro atoms. The molecule has 2 aromatic carbocycles. The number of alkyl halides is 3. The standard InChI is InChI=1S/C22H24F3N3O5S/c1-27-9-14-11-28(12-15(14)10-27)18-5-4-16(22(23,24)25)8-17(18)26-34(31,32)20-7-13(21(29)30)3-6-19(20)33-2/h3-8,14-15,26H,9-12H2,1-2H3,(H,29,30)/t14-,15+. The Morgan fingerprint density at radius 1 is 1.09 bits per heavy atom. The quantitative estimate of drug-likeness (QED) is 0.630. The molecule has 2 aliphatic rings. The van der Waals surface area contributed by atoms with Crippen LogP contribution in [0.2, 0.25) is 0 Å². The van der Waals surface area contributed by atoms with Gasteiger partial charge in [0.05, 0.1) is 29.6 Å². The number of rotatable bonds is 6. The minimum Gasteiger partial charge on any atom is -0.495 e. The van der Waals surface area contributed by atoms with E-state index in [4.69, 9.17) is 4.74 Å². The van der Waals surface area contributed by atoms with Crippen molar-refractivity contribution < 1.29 is 36.2 Å². The van der Waals surface area contributed by atoms with Crippen molar-refractivity contribution in [3.05, 3.63) is 47.5 Å². The number of ether oxygens (including phenoxy) is 1. The monoisotopic (exact) mass is 499 g/mol. The first-order chi connectivity index (χ1) is 15.9. The first-order valence-electron chi connectivity index (χ1n) is 10.5. The van der Waals surface area contributed by atoms with E-state index in [9.17, 15) is 31.5 Å². The largest absolute Gasteiger partial charge is 0.495 e. The fourth-order valence-corrected chi connectivity index (χ4v) is 5.98. The first kappa shape index (κ1) is 24.1. The molecular formula is C22H24F3N3O5S. The van der Waals surface area contributed by atoms with E-state index in [2.05, 4.69) is 9.62 Å². The van der Waals surface area contributed by atoms with Gasteiger partial charge in [-0.25, -0.2) is 13.2 Å². The lowest BCUT2D eigenvalue weighted by Crippen LogP contribution is -2.28. The van der Waals surface area contributed by atoms with Crippen LogP contribution >= 0.6 is 0 Å². The summed E-state index contributed by atoms with van der Waals surface area (Å²) in [7, 11) is -1.27. The average molecular weight is 500 g/mol. The zero-order chi connectivity index (χ0) is 24.8.